The van der Waals surface area contributed by atoms with Crippen LogP contribution in [0.3, 0.4) is 0 Å². The van der Waals surface area contributed by atoms with Gasteiger partial charge in [0.25, 0.3) is 0 Å². The Morgan fingerprint density at radius 2 is 2.00 bits per heavy atom. The standard InChI is InChI=1S/C21H27N5O/c1-6-25(5)18-9-7-8-17(13-18)23-21(27)11-10-19-15(3)22-20-12-14(2)24-26(20)16(19)4/h7-9,12-13H,6,10-11H2,1-5H3,(H,23,27). The van der Waals surface area contributed by atoms with Gasteiger partial charge < -0.3 is 10.2 Å². The molecule has 0 aliphatic carbocycles. The van der Waals surface area contributed by atoms with Gasteiger partial charge in [-0.05, 0) is 57.9 Å². The Balaban J connectivity index is 1.70. The minimum atomic E-state index is 0.00171. The van der Waals surface area contributed by atoms with E-state index in [1.54, 1.807) is 0 Å². The Hall–Kier alpha value is -2.89. The third kappa shape index (κ3) is 4.10. The maximum Gasteiger partial charge on any atom is 0.224 e. The van der Waals surface area contributed by atoms with Gasteiger partial charge in [-0.3, -0.25) is 4.79 Å². The van der Waals surface area contributed by atoms with Crippen molar-refractivity contribution in [2.45, 2.75) is 40.5 Å². The lowest BCUT2D eigenvalue weighted by atomic mass is 10.1. The number of benzene rings is 1. The fourth-order valence-electron chi connectivity index (χ4n) is 3.27. The van der Waals surface area contributed by atoms with E-state index in [1.165, 1.54) is 0 Å². The van der Waals surface area contributed by atoms with Gasteiger partial charge in [0.1, 0.15) is 0 Å². The molecule has 0 aliphatic heterocycles. The lowest BCUT2D eigenvalue weighted by Gasteiger charge is -2.17. The predicted molar refractivity (Wildman–Crippen MR) is 110 cm³/mol. The second-order valence-electron chi connectivity index (χ2n) is 6.93. The van der Waals surface area contributed by atoms with Crippen molar-refractivity contribution >= 4 is 22.9 Å². The number of amides is 1. The van der Waals surface area contributed by atoms with Crippen LogP contribution >= 0.6 is 0 Å². The summed E-state index contributed by atoms with van der Waals surface area (Å²) in [4.78, 5) is 19.2. The molecule has 142 valence electrons. The van der Waals surface area contributed by atoms with Crippen LogP contribution in [0.4, 0.5) is 11.4 Å². The minimum Gasteiger partial charge on any atom is -0.375 e. The van der Waals surface area contributed by atoms with Gasteiger partial charge in [0.2, 0.25) is 5.91 Å². The number of rotatable bonds is 6. The summed E-state index contributed by atoms with van der Waals surface area (Å²) in [7, 11) is 2.03. The Kier molecular flexibility index (Phi) is 5.44. The second-order valence-corrected chi connectivity index (χ2v) is 6.93. The third-order valence-corrected chi connectivity index (χ3v) is 4.93. The van der Waals surface area contributed by atoms with Crippen molar-refractivity contribution < 1.29 is 4.79 Å². The van der Waals surface area contributed by atoms with Crippen LogP contribution in [0.1, 0.15) is 36.0 Å². The average molecular weight is 365 g/mol. The van der Waals surface area contributed by atoms with Crippen LogP contribution in [0, 0.1) is 20.8 Å². The molecule has 2 aromatic heterocycles. The SMILES string of the molecule is CCN(C)c1cccc(NC(=O)CCc2c(C)nc3cc(C)nn3c2C)c1. The van der Waals surface area contributed by atoms with Crippen molar-refractivity contribution in [1.29, 1.82) is 0 Å². The van der Waals surface area contributed by atoms with Crippen LogP contribution in [0.25, 0.3) is 5.65 Å². The molecule has 3 aromatic rings. The largest absolute Gasteiger partial charge is 0.375 e. The minimum absolute atomic E-state index is 0.00171. The lowest BCUT2D eigenvalue weighted by molar-refractivity contribution is -0.116. The molecule has 1 N–H and O–H groups in total. The van der Waals surface area contributed by atoms with Crippen LogP contribution in [0.5, 0.6) is 0 Å². The third-order valence-electron chi connectivity index (χ3n) is 4.93. The zero-order chi connectivity index (χ0) is 19.6. The van der Waals surface area contributed by atoms with E-state index in [2.05, 4.69) is 27.2 Å². The van der Waals surface area contributed by atoms with Gasteiger partial charge in [0.05, 0.1) is 5.69 Å². The van der Waals surface area contributed by atoms with Crippen LogP contribution in [-0.2, 0) is 11.2 Å². The smallest absolute Gasteiger partial charge is 0.224 e. The van der Waals surface area contributed by atoms with Gasteiger partial charge in [-0.1, -0.05) is 6.07 Å². The average Bonchev–Trinajstić information content (AvgIpc) is 3.01. The van der Waals surface area contributed by atoms with Crippen molar-refractivity contribution in [2.75, 3.05) is 23.8 Å². The van der Waals surface area contributed by atoms with E-state index >= 15 is 0 Å². The van der Waals surface area contributed by atoms with Gasteiger partial charge in [-0.2, -0.15) is 5.10 Å². The normalized spacial score (nSPS) is 11.0. The maximum atomic E-state index is 12.5. The molecule has 0 fully saturated rings. The molecule has 0 bridgehead atoms. The van der Waals surface area contributed by atoms with Gasteiger partial charge >= 0.3 is 0 Å². The van der Waals surface area contributed by atoms with Crippen molar-refractivity contribution in [1.82, 2.24) is 14.6 Å². The van der Waals surface area contributed by atoms with E-state index in [-0.39, 0.29) is 5.91 Å². The quantitative estimate of drug-likeness (QED) is 0.724. The number of fused-ring (bicyclic) bond motifs is 1. The fourth-order valence-corrected chi connectivity index (χ4v) is 3.27. The molecule has 6 heteroatoms. The Morgan fingerprint density at radius 3 is 2.74 bits per heavy atom. The van der Waals surface area contributed by atoms with E-state index in [0.29, 0.717) is 12.8 Å². The molecule has 0 radical (unpaired) electrons. The first kappa shape index (κ1) is 18.9. The number of aromatic nitrogens is 3. The van der Waals surface area contributed by atoms with E-state index in [1.807, 2.05) is 62.7 Å². The van der Waals surface area contributed by atoms with Gasteiger partial charge in [-0.25, -0.2) is 9.50 Å². The Bertz CT molecular complexity index is 976. The molecule has 0 spiro atoms. The highest BCUT2D eigenvalue weighted by atomic mass is 16.1. The molecule has 0 atom stereocenters. The summed E-state index contributed by atoms with van der Waals surface area (Å²) in [6, 6.07) is 9.89. The van der Waals surface area contributed by atoms with Crippen molar-refractivity contribution in [3.05, 3.63) is 53.0 Å². The fraction of sp³-hybridized carbons (Fsp3) is 0.381. The number of hydrogen-bond acceptors (Lipinski definition) is 4. The first-order chi connectivity index (χ1) is 12.9. The van der Waals surface area contributed by atoms with E-state index in [9.17, 15) is 4.79 Å². The van der Waals surface area contributed by atoms with Crippen LogP contribution in [0.15, 0.2) is 30.3 Å². The van der Waals surface area contributed by atoms with Crippen molar-refractivity contribution in [3.8, 4) is 0 Å². The van der Waals surface area contributed by atoms with E-state index < -0.39 is 0 Å². The predicted octanol–water partition coefficient (Wildman–Crippen LogP) is 3.68. The summed E-state index contributed by atoms with van der Waals surface area (Å²) >= 11 is 0. The van der Waals surface area contributed by atoms with Gasteiger partial charge in [0.15, 0.2) is 5.65 Å². The number of carbonyl (C=O) groups excluding carboxylic acids is 1. The monoisotopic (exact) mass is 365 g/mol. The van der Waals surface area contributed by atoms with Gasteiger partial charge in [0, 0.05) is 48.8 Å². The number of anilines is 2. The molecule has 1 amide bonds. The van der Waals surface area contributed by atoms with Crippen LogP contribution in [0.2, 0.25) is 0 Å². The summed E-state index contributed by atoms with van der Waals surface area (Å²) in [5.41, 5.74) is 6.79. The van der Waals surface area contributed by atoms with Crippen LogP contribution in [-0.4, -0.2) is 34.1 Å². The van der Waals surface area contributed by atoms with Crippen LogP contribution < -0.4 is 10.2 Å². The zero-order valence-corrected chi connectivity index (χ0v) is 16.7. The molecule has 6 nitrogen and oxygen atoms in total. The summed E-state index contributed by atoms with van der Waals surface area (Å²) in [6.45, 7) is 9.00. The van der Waals surface area contributed by atoms with E-state index in [4.69, 9.17) is 0 Å². The summed E-state index contributed by atoms with van der Waals surface area (Å²) in [5.74, 6) is 0.00171. The summed E-state index contributed by atoms with van der Waals surface area (Å²) < 4.78 is 1.86. The maximum absolute atomic E-state index is 12.5. The first-order valence-corrected chi connectivity index (χ1v) is 9.32. The molecular formula is C21H27N5O. The molecule has 0 aliphatic rings. The number of nitrogens with one attached hydrogen (secondary N) is 1. The first-order valence-electron chi connectivity index (χ1n) is 9.32. The lowest BCUT2D eigenvalue weighted by Crippen LogP contribution is -2.17. The zero-order valence-electron chi connectivity index (χ0n) is 16.7. The Morgan fingerprint density at radius 1 is 1.22 bits per heavy atom. The molecule has 27 heavy (non-hydrogen) atoms. The summed E-state index contributed by atoms with van der Waals surface area (Å²) in [6.07, 6.45) is 1.04. The number of nitrogens with zero attached hydrogens (tertiary/aromatic N) is 4. The Labute approximate surface area is 160 Å². The molecule has 0 saturated carbocycles. The molecule has 2 heterocycles. The second kappa shape index (κ2) is 7.78. The van der Waals surface area contributed by atoms with Gasteiger partial charge in [-0.15, -0.1) is 0 Å². The molecule has 1 aromatic carbocycles. The number of hydrogen-bond donors (Lipinski definition) is 1. The highest BCUT2D eigenvalue weighted by molar-refractivity contribution is 5.91. The van der Waals surface area contributed by atoms with Crippen molar-refractivity contribution in [3.63, 3.8) is 0 Å². The highest BCUT2D eigenvalue weighted by Crippen LogP contribution is 2.20. The topological polar surface area (TPSA) is 62.5 Å². The summed E-state index contributed by atoms with van der Waals surface area (Å²) in [5, 5.41) is 7.50. The number of carbonyl (C=O) groups is 1. The molecule has 3 rings (SSSR count). The molecule has 0 saturated heterocycles. The molecular weight excluding hydrogens is 338 g/mol. The van der Waals surface area contributed by atoms with Crippen molar-refractivity contribution in [2.24, 2.45) is 0 Å². The molecule has 0 unspecified atom stereocenters. The van der Waals surface area contributed by atoms with E-state index in [0.717, 1.165) is 46.2 Å². The number of aryl methyl sites for hydroxylation is 3. The highest BCUT2D eigenvalue weighted by Gasteiger charge is 2.13.